The van der Waals surface area contributed by atoms with E-state index in [4.69, 9.17) is 12.5 Å². The van der Waals surface area contributed by atoms with E-state index in [1.54, 1.807) is 0 Å². The van der Waals surface area contributed by atoms with E-state index in [1.165, 1.54) is 0 Å². The van der Waals surface area contributed by atoms with Crippen molar-refractivity contribution in [1.82, 2.24) is 0 Å². The van der Waals surface area contributed by atoms with Gasteiger partial charge in [0.05, 0.1) is 14.0 Å². The summed E-state index contributed by atoms with van der Waals surface area (Å²) in [5, 5.41) is 18.5. The number of esters is 1. The zero-order chi connectivity index (χ0) is 19.7. The number of nitrogens with two attached hydrogens (primary N) is 1. The average Bonchev–Trinajstić information content (AvgIpc) is 2.55. The number of phenolic OH excluding ortho intramolecular Hbond substituents is 2. The summed E-state index contributed by atoms with van der Waals surface area (Å²) in [4.78, 5) is 11.8. The summed E-state index contributed by atoms with van der Waals surface area (Å²) in [6, 6.07) is -6.68. The fourth-order valence-electron chi connectivity index (χ4n) is 0.808. The van der Waals surface area contributed by atoms with Gasteiger partial charge in [-0.1, -0.05) is 6.04 Å². The summed E-state index contributed by atoms with van der Waals surface area (Å²) in [6.07, 6.45) is -3.64. The number of ether oxygens (including phenoxy) is 1. The van der Waals surface area contributed by atoms with E-state index < -0.39 is 59.0 Å². The van der Waals surface area contributed by atoms with E-state index in [1.807, 2.05) is 0 Å². The van der Waals surface area contributed by atoms with E-state index in [-0.39, 0.29) is 0 Å². The molecule has 2 atom stereocenters. The number of carbonyl (C=O) groups excluding carboxylic acids is 1. The van der Waals surface area contributed by atoms with Crippen LogP contribution in [0.1, 0.15) is 18.5 Å². The molecular weight excluding hydrogens is 214 g/mol. The Kier molecular flexibility index (Phi) is 1.39. The number of hydrogen-bond donors (Lipinski definition) is 4. The SMILES string of the molecule is [2H]Oc1c([2H])c([2H])c(C([2H])(O)C([2H])(C(=O)OC)N([2H])[2H])c([2H])c1O[2H]. The minimum Gasteiger partial charge on any atom is -0.504 e. The van der Waals surface area contributed by atoms with Gasteiger partial charge in [0, 0.05) is 0 Å². The minimum absolute atomic E-state index is 0.662. The third kappa shape index (κ3) is 2.41. The van der Waals surface area contributed by atoms with E-state index >= 15 is 0 Å². The summed E-state index contributed by atoms with van der Waals surface area (Å²) >= 11 is 0. The largest absolute Gasteiger partial charge is 0.504 e. The summed E-state index contributed by atoms with van der Waals surface area (Å²) in [5.74, 6) is -3.51. The summed E-state index contributed by atoms with van der Waals surface area (Å²) in [6.45, 7) is 0. The molecule has 1 rings (SSSR count). The highest BCUT2D eigenvalue weighted by molar-refractivity contribution is 5.76. The Morgan fingerprint density at radius 3 is 3.00 bits per heavy atom. The maximum absolute atomic E-state index is 11.8. The van der Waals surface area contributed by atoms with Gasteiger partial charge in [-0.3, -0.25) is 4.79 Å². The molecule has 0 aliphatic carbocycles. The van der Waals surface area contributed by atoms with Gasteiger partial charge in [0.25, 0.3) is 2.86 Å². The van der Waals surface area contributed by atoms with Gasteiger partial charge >= 0.3 is 5.97 Å². The van der Waals surface area contributed by atoms with Crippen LogP contribution in [-0.4, -0.2) is 37.3 Å². The van der Waals surface area contributed by atoms with Crippen LogP contribution in [0.5, 0.6) is 11.5 Å². The second kappa shape index (κ2) is 4.82. The van der Waals surface area contributed by atoms with Crippen LogP contribution in [0.2, 0.25) is 2.82 Å². The maximum Gasteiger partial charge on any atom is 0.325 e. The number of aromatic hydroxyl groups is 2. The Hall–Kier alpha value is -1.79. The predicted octanol–water partition coefficient (Wildman–Crippen LogP) is -0.369. The predicted molar refractivity (Wildman–Crippen MR) is 54.7 cm³/mol. The molecule has 0 aliphatic rings. The molecule has 6 heteroatoms. The number of rotatable bonds is 6. The molecule has 0 heterocycles. The van der Waals surface area contributed by atoms with Crippen molar-refractivity contribution >= 4 is 5.97 Å². The van der Waals surface area contributed by atoms with E-state index in [9.17, 15) is 9.90 Å². The highest BCUT2D eigenvalue weighted by Gasteiger charge is 2.25. The molecule has 0 fully saturated rings. The van der Waals surface area contributed by atoms with Gasteiger partial charge in [0.1, 0.15) is 14.9 Å². The van der Waals surface area contributed by atoms with Crippen LogP contribution in [0, 0.1) is 0 Å². The zero-order valence-electron chi connectivity index (χ0n) is 17.0. The first-order chi connectivity index (χ1) is 11.4. The van der Waals surface area contributed by atoms with Crippen molar-refractivity contribution in [2.75, 3.05) is 7.11 Å². The second-order valence-corrected chi connectivity index (χ2v) is 2.60. The smallest absolute Gasteiger partial charge is 0.325 e. The Bertz CT molecular complexity index is 685. The van der Waals surface area contributed by atoms with E-state index in [0.717, 1.165) is 7.11 Å². The van der Waals surface area contributed by atoms with E-state index in [0.29, 0.717) is 0 Å². The first-order valence-electron chi connectivity index (χ1n) is 8.13. The number of benzene rings is 1. The van der Waals surface area contributed by atoms with Crippen molar-refractivity contribution in [3.8, 4) is 11.5 Å². The third-order valence-corrected chi connectivity index (χ3v) is 1.59. The molecule has 6 nitrogen and oxygen atoms in total. The summed E-state index contributed by atoms with van der Waals surface area (Å²) in [7, 11) is 0.764. The minimum atomic E-state index is -3.64. The number of aliphatic hydroxyl groups is 1. The fourth-order valence-corrected chi connectivity index (χ4v) is 0.808. The molecule has 0 aliphatic heterocycles. The summed E-state index contributed by atoms with van der Waals surface area (Å²) in [5.41, 5.74) is -1.85. The van der Waals surface area contributed by atoms with E-state index in [2.05, 4.69) is 15.0 Å². The molecule has 0 aromatic heterocycles. The standard InChI is InChI=1S/C10H13NO5/c1-16-10(15)8(11)9(14)5-2-3-6(12)7(13)4-5/h2-4,8-9,12-14H,11H2,1H3/i2D,3D,4D,8D,9D/hD4. The van der Waals surface area contributed by atoms with Crippen LogP contribution in [0.25, 0.3) is 0 Å². The molecule has 0 spiro atoms. The maximum atomic E-state index is 11.8. The molecule has 1 aromatic carbocycles. The first-order valence-corrected chi connectivity index (χ1v) is 3.92. The molecule has 0 saturated carbocycles. The van der Waals surface area contributed by atoms with Crippen molar-refractivity contribution in [2.24, 2.45) is 5.72 Å². The lowest BCUT2D eigenvalue weighted by atomic mass is 10.0. The van der Waals surface area contributed by atoms with Crippen molar-refractivity contribution in [3.05, 3.63) is 23.7 Å². The van der Waals surface area contributed by atoms with Crippen LogP contribution in [0.3, 0.4) is 0 Å². The Morgan fingerprint density at radius 1 is 1.69 bits per heavy atom. The van der Waals surface area contributed by atoms with Crippen molar-refractivity contribution in [3.63, 3.8) is 0 Å². The third-order valence-electron chi connectivity index (χ3n) is 1.59. The number of carbonyl (C=O) groups is 1. The number of methoxy groups -OCH3 is 1. The molecule has 5 N–H and O–H groups in total. The second-order valence-electron chi connectivity index (χ2n) is 2.60. The zero-order valence-corrected chi connectivity index (χ0v) is 8.03. The Morgan fingerprint density at radius 2 is 2.44 bits per heavy atom. The van der Waals surface area contributed by atoms with Crippen molar-refractivity contribution in [1.29, 1.82) is 2.86 Å². The normalized spacial score (nSPS) is 25.8. The van der Waals surface area contributed by atoms with Crippen molar-refractivity contribution < 1.29 is 34.5 Å². The van der Waals surface area contributed by atoms with Gasteiger partial charge in [-0.05, 0) is 17.6 Å². The van der Waals surface area contributed by atoms with Crippen LogP contribution < -0.4 is 5.72 Å². The Balaban J connectivity index is 3.91. The highest BCUT2D eigenvalue weighted by atomic mass is 16.5. The monoisotopic (exact) mass is 236 g/mol. The molecule has 1 aromatic rings. The summed E-state index contributed by atoms with van der Waals surface area (Å²) < 4.78 is 71.3. The van der Waals surface area contributed by atoms with Gasteiger partial charge in [-0.15, -0.1) is 0 Å². The van der Waals surface area contributed by atoms with Gasteiger partial charge in [-0.25, -0.2) is 0 Å². The van der Waals surface area contributed by atoms with Crippen LogP contribution in [-0.2, 0) is 9.53 Å². The highest BCUT2D eigenvalue weighted by Crippen LogP contribution is 2.28. The first kappa shape index (κ1) is 4.60. The van der Waals surface area contributed by atoms with Gasteiger partial charge in [0.2, 0.25) is 0 Å². The molecule has 2 unspecified atom stereocenters. The topological polar surface area (TPSA) is 113 Å². The average molecular weight is 236 g/mol. The lowest BCUT2D eigenvalue weighted by molar-refractivity contribution is -0.145. The Labute approximate surface area is 105 Å². The lowest BCUT2D eigenvalue weighted by Gasteiger charge is -2.17. The fraction of sp³-hybridized carbons (Fsp3) is 0.300. The molecule has 0 saturated heterocycles. The van der Waals surface area contributed by atoms with Crippen molar-refractivity contribution in [2.45, 2.75) is 12.1 Å². The van der Waals surface area contributed by atoms with Gasteiger partial charge in [0.15, 0.2) is 11.5 Å². The molecule has 16 heavy (non-hydrogen) atoms. The van der Waals surface area contributed by atoms with Gasteiger partial charge in [-0.2, -0.15) is 0 Å². The molecular formula is C10H13NO5. The van der Waals surface area contributed by atoms with Gasteiger partial charge < -0.3 is 25.8 Å². The number of phenols is 2. The lowest BCUT2D eigenvalue weighted by Crippen LogP contribution is -2.37. The van der Waals surface area contributed by atoms with Crippen LogP contribution in [0.4, 0.5) is 0 Å². The van der Waals surface area contributed by atoms with Crippen LogP contribution in [0.15, 0.2) is 18.1 Å². The van der Waals surface area contributed by atoms with Crippen LogP contribution >= 0.6 is 0 Å². The molecule has 0 radical (unpaired) electrons. The molecule has 88 valence electrons. The number of hydrogen-bond acceptors (Lipinski definition) is 6. The molecule has 0 amide bonds. The quantitative estimate of drug-likeness (QED) is 0.396. The molecule has 0 bridgehead atoms.